The summed E-state index contributed by atoms with van der Waals surface area (Å²) in [5, 5.41) is -0.0326. The van der Waals surface area contributed by atoms with Gasteiger partial charge < -0.3 is 0 Å². The van der Waals surface area contributed by atoms with Crippen LogP contribution >= 0.6 is 11.6 Å². The van der Waals surface area contributed by atoms with E-state index in [9.17, 15) is 4.79 Å². The third-order valence-electron chi connectivity index (χ3n) is 4.81. The van der Waals surface area contributed by atoms with Gasteiger partial charge in [0.1, 0.15) is 0 Å². The van der Waals surface area contributed by atoms with Gasteiger partial charge in [-0.3, -0.25) is 4.79 Å². The van der Waals surface area contributed by atoms with E-state index >= 15 is 0 Å². The Labute approximate surface area is 90.2 Å². The Kier molecular flexibility index (Phi) is 1.96. The van der Waals surface area contributed by atoms with Gasteiger partial charge in [-0.1, -0.05) is 0 Å². The molecule has 4 aliphatic rings. The number of hydrogen-bond acceptors (Lipinski definition) is 1. The van der Waals surface area contributed by atoms with Crippen LogP contribution in [0.15, 0.2) is 0 Å². The van der Waals surface area contributed by atoms with Crippen molar-refractivity contribution in [3.8, 4) is 0 Å². The molecule has 0 aliphatic heterocycles. The standard InChI is InChI=1S/C12H17ClO/c13-11(14)12-2-1-8-3-9(6-12)5-10(4-8)7-12/h8-10H,1-7H2. The molecule has 78 valence electrons. The lowest BCUT2D eigenvalue weighted by Crippen LogP contribution is -2.37. The molecule has 0 saturated heterocycles. The molecule has 0 aromatic rings. The molecule has 0 aromatic heterocycles. The van der Waals surface area contributed by atoms with Gasteiger partial charge in [0.15, 0.2) is 0 Å². The van der Waals surface area contributed by atoms with Crippen molar-refractivity contribution in [2.75, 3.05) is 0 Å². The molecule has 2 unspecified atom stereocenters. The first-order valence-electron chi connectivity index (χ1n) is 5.88. The van der Waals surface area contributed by atoms with Gasteiger partial charge >= 0.3 is 0 Å². The van der Waals surface area contributed by atoms with Crippen molar-refractivity contribution >= 4 is 16.8 Å². The molecule has 1 nitrogen and oxygen atoms in total. The Morgan fingerprint density at radius 3 is 2.21 bits per heavy atom. The zero-order valence-electron chi connectivity index (χ0n) is 8.47. The number of halogens is 1. The lowest BCUT2D eigenvalue weighted by atomic mass is 9.62. The molecule has 0 N–H and O–H groups in total. The second kappa shape index (κ2) is 2.98. The van der Waals surface area contributed by atoms with E-state index in [1.165, 1.54) is 25.7 Å². The molecule has 0 radical (unpaired) electrons. The minimum atomic E-state index is -0.0968. The van der Waals surface area contributed by atoms with Crippen LogP contribution < -0.4 is 0 Å². The summed E-state index contributed by atoms with van der Waals surface area (Å²) in [6.45, 7) is 0. The normalized spacial score (nSPS) is 50.5. The van der Waals surface area contributed by atoms with Crippen LogP contribution in [-0.2, 0) is 4.79 Å². The Bertz CT molecular complexity index is 259. The molecule has 0 heterocycles. The topological polar surface area (TPSA) is 17.1 Å². The van der Waals surface area contributed by atoms with Crippen LogP contribution in [0.25, 0.3) is 0 Å². The minimum absolute atomic E-state index is 0.0326. The van der Waals surface area contributed by atoms with Crippen LogP contribution in [0, 0.1) is 23.2 Å². The quantitative estimate of drug-likeness (QED) is 0.610. The highest BCUT2D eigenvalue weighted by Crippen LogP contribution is 2.57. The SMILES string of the molecule is O=C(Cl)C12CCC3CC(CC(C3)C1)C2. The van der Waals surface area contributed by atoms with Crippen molar-refractivity contribution in [3.05, 3.63) is 0 Å². The van der Waals surface area contributed by atoms with Crippen molar-refractivity contribution < 1.29 is 4.79 Å². The Balaban J connectivity index is 1.97. The fourth-order valence-electron chi connectivity index (χ4n) is 4.40. The predicted octanol–water partition coefficient (Wildman–Crippen LogP) is 3.36. The first kappa shape index (κ1) is 9.21. The molecule has 2 atom stereocenters. The van der Waals surface area contributed by atoms with Crippen molar-refractivity contribution in [3.63, 3.8) is 0 Å². The van der Waals surface area contributed by atoms with E-state index in [-0.39, 0.29) is 10.7 Å². The van der Waals surface area contributed by atoms with Gasteiger partial charge in [-0.05, 0) is 74.3 Å². The average molecular weight is 213 g/mol. The summed E-state index contributed by atoms with van der Waals surface area (Å²) < 4.78 is 0. The summed E-state index contributed by atoms with van der Waals surface area (Å²) in [6.07, 6.45) is 8.66. The summed E-state index contributed by atoms with van der Waals surface area (Å²) in [6, 6.07) is 0. The molecule has 4 saturated carbocycles. The van der Waals surface area contributed by atoms with Crippen LogP contribution in [0.3, 0.4) is 0 Å². The second-order valence-electron chi connectivity index (χ2n) is 5.81. The van der Waals surface area contributed by atoms with Crippen molar-refractivity contribution in [1.82, 2.24) is 0 Å². The Hall–Kier alpha value is -0.0400. The van der Waals surface area contributed by atoms with Crippen LogP contribution in [0.2, 0.25) is 0 Å². The smallest absolute Gasteiger partial charge is 0.227 e. The van der Waals surface area contributed by atoms with E-state index in [1.807, 2.05) is 0 Å². The lowest BCUT2D eigenvalue weighted by molar-refractivity contribution is -0.124. The molecule has 0 amide bonds. The van der Waals surface area contributed by atoms with Crippen molar-refractivity contribution in [2.24, 2.45) is 23.2 Å². The molecule has 2 heteroatoms. The molecule has 0 spiro atoms. The molecule has 14 heavy (non-hydrogen) atoms. The van der Waals surface area contributed by atoms with E-state index in [1.54, 1.807) is 0 Å². The minimum Gasteiger partial charge on any atom is -0.281 e. The molecule has 4 bridgehead atoms. The van der Waals surface area contributed by atoms with Crippen molar-refractivity contribution in [2.45, 2.75) is 44.9 Å². The van der Waals surface area contributed by atoms with E-state index < -0.39 is 0 Å². The Morgan fingerprint density at radius 1 is 1.07 bits per heavy atom. The highest BCUT2D eigenvalue weighted by atomic mass is 35.5. The fraction of sp³-hybridized carbons (Fsp3) is 0.917. The number of rotatable bonds is 1. The maximum atomic E-state index is 11.6. The van der Waals surface area contributed by atoms with E-state index in [0.29, 0.717) is 0 Å². The van der Waals surface area contributed by atoms with Crippen LogP contribution in [0.5, 0.6) is 0 Å². The van der Waals surface area contributed by atoms with Crippen molar-refractivity contribution in [1.29, 1.82) is 0 Å². The summed E-state index contributed by atoms with van der Waals surface area (Å²) in [5.41, 5.74) is -0.0968. The van der Waals surface area contributed by atoms with Gasteiger partial charge in [0.2, 0.25) is 5.24 Å². The van der Waals surface area contributed by atoms with E-state index in [4.69, 9.17) is 11.6 Å². The van der Waals surface area contributed by atoms with Gasteiger partial charge in [0, 0.05) is 5.41 Å². The molecule has 4 rings (SSSR count). The number of hydrogen-bond donors (Lipinski definition) is 0. The van der Waals surface area contributed by atoms with E-state index in [0.717, 1.165) is 37.0 Å². The predicted molar refractivity (Wildman–Crippen MR) is 56.1 cm³/mol. The van der Waals surface area contributed by atoms with Gasteiger partial charge in [-0.2, -0.15) is 0 Å². The van der Waals surface area contributed by atoms with Gasteiger partial charge in [0.05, 0.1) is 0 Å². The molecular formula is C12H17ClO. The first-order chi connectivity index (χ1) is 6.68. The van der Waals surface area contributed by atoms with Gasteiger partial charge in [-0.15, -0.1) is 0 Å². The molecule has 4 aliphatic carbocycles. The Morgan fingerprint density at radius 2 is 1.64 bits per heavy atom. The summed E-state index contributed by atoms with van der Waals surface area (Å²) >= 11 is 5.83. The summed E-state index contributed by atoms with van der Waals surface area (Å²) in [7, 11) is 0. The third-order valence-corrected chi connectivity index (χ3v) is 5.21. The van der Waals surface area contributed by atoms with Gasteiger partial charge in [0.25, 0.3) is 0 Å². The van der Waals surface area contributed by atoms with E-state index in [2.05, 4.69) is 0 Å². The van der Waals surface area contributed by atoms with Crippen LogP contribution in [-0.4, -0.2) is 5.24 Å². The molecule has 0 aromatic carbocycles. The van der Waals surface area contributed by atoms with Crippen LogP contribution in [0.1, 0.15) is 44.9 Å². The highest BCUT2D eigenvalue weighted by molar-refractivity contribution is 6.64. The molecular weight excluding hydrogens is 196 g/mol. The fourth-order valence-corrected chi connectivity index (χ4v) is 4.65. The lowest BCUT2D eigenvalue weighted by Gasteiger charge is -2.43. The second-order valence-corrected chi connectivity index (χ2v) is 6.15. The summed E-state index contributed by atoms with van der Waals surface area (Å²) in [4.78, 5) is 11.6. The maximum Gasteiger partial charge on any atom is 0.227 e. The van der Waals surface area contributed by atoms with Gasteiger partial charge in [-0.25, -0.2) is 0 Å². The first-order valence-corrected chi connectivity index (χ1v) is 6.26. The number of carbonyl (C=O) groups excluding carboxylic acids is 1. The number of fused-ring (bicyclic) bond motifs is 1. The zero-order chi connectivity index (χ0) is 9.76. The third kappa shape index (κ3) is 1.25. The monoisotopic (exact) mass is 212 g/mol. The summed E-state index contributed by atoms with van der Waals surface area (Å²) in [5.74, 6) is 2.55. The van der Waals surface area contributed by atoms with Crippen LogP contribution in [0.4, 0.5) is 0 Å². The molecule has 4 fully saturated rings. The zero-order valence-corrected chi connectivity index (χ0v) is 9.22. The maximum absolute atomic E-state index is 11.6. The average Bonchev–Trinajstić information content (AvgIpc) is 2.31. The largest absolute Gasteiger partial charge is 0.281 e. The highest BCUT2D eigenvalue weighted by Gasteiger charge is 2.50. The number of carbonyl (C=O) groups is 1.